The Balaban J connectivity index is 1.64. The number of likely N-dealkylation sites (tertiary alicyclic amines) is 1. The first-order valence-electron chi connectivity index (χ1n) is 8.07. The van der Waals surface area contributed by atoms with Gasteiger partial charge < -0.3 is 19.9 Å². The number of nitrogens with one attached hydrogen (secondary N) is 1. The highest BCUT2D eigenvalue weighted by atomic mass is 35.5. The lowest BCUT2D eigenvalue weighted by Gasteiger charge is -2.30. The summed E-state index contributed by atoms with van der Waals surface area (Å²) in [7, 11) is 0. The fourth-order valence-electron chi connectivity index (χ4n) is 2.97. The number of hydrogen-bond acceptors (Lipinski definition) is 3. The van der Waals surface area contributed by atoms with Crippen LogP contribution in [0.15, 0.2) is 36.9 Å². The van der Waals surface area contributed by atoms with Gasteiger partial charge in [0.1, 0.15) is 0 Å². The number of carbonyl (C=O) groups is 2. The Bertz CT molecular complexity index is 755. The molecule has 3 rings (SSSR count). The lowest BCUT2D eigenvalue weighted by molar-refractivity contribution is -0.143. The van der Waals surface area contributed by atoms with E-state index in [0.717, 1.165) is 11.3 Å². The Kier molecular flexibility index (Phi) is 5.23. The third kappa shape index (κ3) is 3.93. The van der Waals surface area contributed by atoms with Gasteiger partial charge in [0, 0.05) is 42.6 Å². The largest absolute Gasteiger partial charge is 0.481 e. The summed E-state index contributed by atoms with van der Waals surface area (Å²) >= 11 is 6.31. The van der Waals surface area contributed by atoms with Crippen LogP contribution >= 0.6 is 11.6 Å². The molecule has 1 aliphatic heterocycles. The average molecular weight is 363 g/mol. The quantitative estimate of drug-likeness (QED) is 0.874. The Hall–Kier alpha value is -2.54. The fraction of sp³-hybridized carbons (Fsp3) is 0.353. The predicted molar refractivity (Wildman–Crippen MR) is 92.7 cm³/mol. The van der Waals surface area contributed by atoms with Crippen LogP contribution in [0.4, 0.5) is 4.79 Å². The number of benzene rings is 1. The molecule has 2 aromatic rings. The minimum atomic E-state index is -0.791. The van der Waals surface area contributed by atoms with Crippen LogP contribution in [0.3, 0.4) is 0 Å². The van der Waals surface area contributed by atoms with Crippen molar-refractivity contribution in [1.29, 1.82) is 0 Å². The Morgan fingerprint density at radius 2 is 2.08 bits per heavy atom. The molecule has 0 unspecified atom stereocenters. The van der Waals surface area contributed by atoms with Crippen LogP contribution in [0.5, 0.6) is 0 Å². The molecule has 0 radical (unpaired) electrons. The predicted octanol–water partition coefficient (Wildman–Crippen LogP) is 2.53. The molecule has 25 heavy (non-hydrogen) atoms. The van der Waals surface area contributed by atoms with E-state index in [-0.39, 0.29) is 18.5 Å². The zero-order valence-electron chi connectivity index (χ0n) is 13.6. The molecular formula is C17H19ClN4O3. The fourth-order valence-corrected chi connectivity index (χ4v) is 3.21. The maximum absolute atomic E-state index is 12.4. The second-order valence-corrected chi connectivity index (χ2v) is 6.37. The summed E-state index contributed by atoms with van der Waals surface area (Å²) in [4.78, 5) is 29.0. The number of carbonyl (C=O) groups excluding carboxylic acids is 1. The molecule has 0 spiro atoms. The first kappa shape index (κ1) is 17.3. The van der Waals surface area contributed by atoms with Crippen molar-refractivity contribution in [3.63, 3.8) is 0 Å². The van der Waals surface area contributed by atoms with Crippen LogP contribution in [0.1, 0.15) is 18.4 Å². The number of urea groups is 1. The zero-order valence-corrected chi connectivity index (χ0v) is 14.3. The molecular weight excluding hydrogens is 344 g/mol. The summed E-state index contributed by atoms with van der Waals surface area (Å²) in [5.74, 6) is -1.15. The zero-order chi connectivity index (χ0) is 17.8. The molecule has 1 aliphatic rings. The van der Waals surface area contributed by atoms with Crippen molar-refractivity contribution in [2.45, 2.75) is 19.4 Å². The van der Waals surface area contributed by atoms with Crippen LogP contribution in [0, 0.1) is 5.92 Å². The van der Waals surface area contributed by atoms with Gasteiger partial charge in [-0.05, 0) is 25.0 Å². The molecule has 1 saturated heterocycles. The molecule has 2 N–H and O–H groups in total. The topological polar surface area (TPSA) is 87.5 Å². The maximum Gasteiger partial charge on any atom is 0.317 e. The van der Waals surface area contributed by atoms with Crippen LogP contribution < -0.4 is 5.32 Å². The van der Waals surface area contributed by atoms with E-state index in [9.17, 15) is 9.59 Å². The summed E-state index contributed by atoms with van der Waals surface area (Å²) < 4.78 is 1.84. The molecule has 0 saturated carbocycles. The van der Waals surface area contributed by atoms with Crippen LogP contribution in [-0.4, -0.2) is 44.6 Å². The van der Waals surface area contributed by atoms with Crippen molar-refractivity contribution in [2.24, 2.45) is 5.92 Å². The van der Waals surface area contributed by atoms with Gasteiger partial charge in [-0.2, -0.15) is 0 Å². The lowest BCUT2D eigenvalue weighted by Crippen LogP contribution is -2.45. The number of imidazole rings is 1. The van der Waals surface area contributed by atoms with Crippen LogP contribution in [0.25, 0.3) is 5.69 Å². The normalized spacial score (nSPS) is 15.2. The van der Waals surface area contributed by atoms with Gasteiger partial charge >= 0.3 is 12.0 Å². The van der Waals surface area contributed by atoms with E-state index in [1.807, 2.05) is 22.9 Å². The monoisotopic (exact) mass is 362 g/mol. The highest BCUT2D eigenvalue weighted by Gasteiger charge is 2.27. The number of carboxylic acid groups (broad SMARTS) is 1. The molecule has 7 nitrogen and oxygen atoms in total. The molecule has 0 bridgehead atoms. The second kappa shape index (κ2) is 7.57. The smallest absolute Gasteiger partial charge is 0.317 e. The van der Waals surface area contributed by atoms with Crippen molar-refractivity contribution in [2.75, 3.05) is 13.1 Å². The molecule has 0 aliphatic carbocycles. The third-order valence-corrected chi connectivity index (χ3v) is 4.78. The van der Waals surface area contributed by atoms with Crippen LogP contribution in [0.2, 0.25) is 5.02 Å². The molecule has 2 amide bonds. The summed E-state index contributed by atoms with van der Waals surface area (Å²) in [5.41, 5.74) is 1.66. The molecule has 2 heterocycles. The van der Waals surface area contributed by atoms with Crippen molar-refractivity contribution in [1.82, 2.24) is 19.8 Å². The number of piperidine rings is 1. The Morgan fingerprint density at radius 3 is 2.72 bits per heavy atom. The number of halogens is 1. The minimum absolute atomic E-state index is 0.208. The maximum atomic E-state index is 12.4. The van der Waals surface area contributed by atoms with E-state index in [1.54, 1.807) is 23.5 Å². The van der Waals surface area contributed by atoms with Gasteiger partial charge in [0.25, 0.3) is 0 Å². The summed E-state index contributed by atoms with van der Waals surface area (Å²) in [6, 6.07) is 5.33. The third-order valence-electron chi connectivity index (χ3n) is 4.42. The van der Waals surface area contributed by atoms with Gasteiger partial charge in [0.15, 0.2) is 0 Å². The van der Waals surface area contributed by atoms with Gasteiger partial charge in [-0.25, -0.2) is 9.78 Å². The Labute approximate surface area is 150 Å². The van der Waals surface area contributed by atoms with E-state index in [0.29, 0.717) is 31.0 Å². The van der Waals surface area contributed by atoms with Crippen molar-refractivity contribution >= 4 is 23.6 Å². The second-order valence-electron chi connectivity index (χ2n) is 5.97. The molecule has 1 aromatic heterocycles. The summed E-state index contributed by atoms with van der Waals surface area (Å²) in [6.07, 6.45) is 6.13. The minimum Gasteiger partial charge on any atom is -0.481 e. The number of aromatic nitrogens is 2. The van der Waals surface area contributed by atoms with E-state index < -0.39 is 5.97 Å². The number of hydrogen-bond donors (Lipinski definition) is 2. The van der Waals surface area contributed by atoms with Crippen LogP contribution in [-0.2, 0) is 11.3 Å². The molecule has 8 heteroatoms. The standard InChI is InChI=1S/C17H19ClN4O3/c18-14-2-1-3-15(22-9-6-19-11-22)13(14)10-20-17(25)21-7-4-12(5-8-21)16(23)24/h1-3,6,9,11-12H,4-5,7-8,10H2,(H,20,25)(H,23,24). The Morgan fingerprint density at radius 1 is 1.32 bits per heavy atom. The van der Waals surface area contributed by atoms with Gasteiger partial charge in [-0.1, -0.05) is 17.7 Å². The highest BCUT2D eigenvalue weighted by molar-refractivity contribution is 6.31. The molecule has 1 fully saturated rings. The number of rotatable bonds is 4. The average Bonchev–Trinajstić information content (AvgIpc) is 3.14. The van der Waals surface area contributed by atoms with Crippen molar-refractivity contribution in [3.8, 4) is 5.69 Å². The van der Waals surface area contributed by atoms with Crippen molar-refractivity contribution < 1.29 is 14.7 Å². The first-order valence-corrected chi connectivity index (χ1v) is 8.45. The van der Waals surface area contributed by atoms with E-state index in [2.05, 4.69) is 10.3 Å². The van der Waals surface area contributed by atoms with Gasteiger partial charge in [0.05, 0.1) is 17.9 Å². The molecule has 132 valence electrons. The molecule has 1 aromatic carbocycles. The van der Waals surface area contributed by atoms with Crippen molar-refractivity contribution in [3.05, 3.63) is 47.5 Å². The highest BCUT2D eigenvalue weighted by Crippen LogP contribution is 2.23. The summed E-state index contributed by atoms with van der Waals surface area (Å²) in [5, 5.41) is 12.5. The number of amides is 2. The van der Waals surface area contributed by atoms with Gasteiger partial charge in [0.2, 0.25) is 0 Å². The number of carboxylic acids is 1. The number of nitrogens with zero attached hydrogens (tertiary/aromatic N) is 3. The van der Waals surface area contributed by atoms with E-state index >= 15 is 0 Å². The van der Waals surface area contributed by atoms with Gasteiger partial charge in [-0.3, -0.25) is 4.79 Å². The summed E-state index contributed by atoms with van der Waals surface area (Å²) in [6.45, 7) is 1.17. The first-order chi connectivity index (χ1) is 12.1. The number of aliphatic carboxylic acids is 1. The van der Waals surface area contributed by atoms with Gasteiger partial charge in [-0.15, -0.1) is 0 Å². The van der Waals surface area contributed by atoms with E-state index in [4.69, 9.17) is 16.7 Å². The SMILES string of the molecule is O=C(O)C1CCN(C(=O)NCc2c(Cl)cccc2-n2ccnc2)CC1. The van der Waals surface area contributed by atoms with E-state index in [1.165, 1.54) is 0 Å². The lowest BCUT2D eigenvalue weighted by atomic mass is 9.97. The molecule has 0 atom stereocenters.